The van der Waals surface area contributed by atoms with Gasteiger partial charge in [-0.15, -0.1) is 0 Å². The van der Waals surface area contributed by atoms with E-state index in [0.29, 0.717) is 23.3 Å². The minimum atomic E-state index is 0.0532. The standard InChI is InChI=1S/C18H21ClN4O2/c1-2-25-17-7-6-14(11-20-17)22-18-15(19)9-13(10-21-18)16-5-3-4-8-23(16)12-24/h6-7,9-12,16H,2-5,8H2,1H3,(H,21,22). The zero-order valence-corrected chi connectivity index (χ0v) is 14.9. The van der Waals surface area contributed by atoms with Crippen LogP contribution in [0.25, 0.3) is 0 Å². The average Bonchev–Trinajstić information content (AvgIpc) is 2.65. The number of carbonyl (C=O) groups excluding carboxylic acids is 1. The number of aromatic nitrogens is 2. The van der Waals surface area contributed by atoms with Crippen LogP contribution in [-0.2, 0) is 4.79 Å². The van der Waals surface area contributed by atoms with Crippen molar-refractivity contribution in [3.63, 3.8) is 0 Å². The third kappa shape index (κ3) is 4.20. The highest BCUT2D eigenvalue weighted by Gasteiger charge is 2.23. The van der Waals surface area contributed by atoms with Crippen molar-refractivity contribution < 1.29 is 9.53 Å². The first-order valence-electron chi connectivity index (χ1n) is 8.43. The number of hydrogen-bond acceptors (Lipinski definition) is 5. The molecule has 0 radical (unpaired) electrons. The van der Waals surface area contributed by atoms with Crippen LogP contribution in [0.15, 0.2) is 30.6 Å². The Balaban J connectivity index is 1.74. The van der Waals surface area contributed by atoms with Crippen molar-refractivity contribution in [2.24, 2.45) is 0 Å². The molecule has 1 N–H and O–H groups in total. The summed E-state index contributed by atoms with van der Waals surface area (Å²) in [5.74, 6) is 1.14. The molecule has 0 aliphatic carbocycles. The highest BCUT2D eigenvalue weighted by molar-refractivity contribution is 6.33. The van der Waals surface area contributed by atoms with Crippen molar-refractivity contribution in [1.29, 1.82) is 0 Å². The van der Waals surface area contributed by atoms with Crippen LogP contribution >= 0.6 is 11.6 Å². The Labute approximate surface area is 152 Å². The van der Waals surface area contributed by atoms with Crippen molar-refractivity contribution >= 4 is 29.5 Å². The lowest BCUT2D eigenvalue weighted by Gasteiger charge is -2.33. The molecule has 1 atom stereocenters. The fraction of sp³-hybridized carbons (Fsp3) is 0.389. The molecule has 7 heteroatoms. The van der Waals surface area contributed by atoms with E-state index in [9.17, 15) is 4.79 Å². The molecule has 0 aromatic carbocycles. The van der Waals surface area contributed by atoms with Crippen molar-refractivity contribution in [2.45, 2.75) is 32.2 Å². The highest BCUT2D eigenvalue weighted by Crippen LogP contribution is 2.33. The van der Waals surface area contributed by atoms with Crippen LogP contribution < -0.4 is 10.1 Å². The van der Waals surface area contributed by atoms with Gasteiger partial charge in [-0.25, -0.2) is 9.97 Å². The third-order valence-corrected chi connectivity index (χ3v) is 4.51. The lowest BCUT2D eigenvalue weighted by molar-refractivity contribution is -0.121. The smallest absolute Gasteiger partial charge is 0.213 e. The topological polar surface area (TPSA) is 67.3 Å². The van der Waals surface area contributed by atoms with E-state index in [1.54, 1.807) is 18.5 Å². The molecular weight excluding hydrogens is 340 g/mol. The van der Waals surface area contributed by atoms with E-state index in [1.165, 1.54) is 0 Å². The largest absolute Gasteiger partial charge is 0.478 e. The van der Waals surface area contributed by atoms with Crippen LogP contribution in [0, 0.1) is 0 Å². The van der Waals surface area contributed by atoms with Gasteiger partial charge in [-0.1, -0.05) is 11.6 Å². The molecule has 1 aliphatic rings. The lowest BCUT2D eigenvalue weighted by Crippen LogP contribution is -2.32. The van der Waals surface area contributed by atoms with Gasteiger partial charge in [-0.05, 0) is 43.9 Å². The Morgan fingerprint density at radius 2 is 2.24 bits per heavy atom. The van der Waals surface area contributed by atoms with Crippen LogP contribution in [-0.4, -0.2) is 34.4 Å². The number of likely N-dealkylation sites (tertiary alicyclic amines) is 1. The summed E-state index contributed by atoms with van der Waals surface area (Å²) in [6.45, 7) is 3.27. The first kappa shape index (κ1) is 17.5. The van der Waals surface area contributed by atoms with Gasteiger partial charge < -0.3 is 15.0 Å². The van der Waals surface area contributed by atoms with E-state index >= 15 is 0 Å². The Morgan fingerprint density at radius 1 is 1.36 bits per heavy atom. The summed E-state index contributed by atoms with van der Waals surface area (Å²) in [7, 11) is 0. The molecule has 3 heterocycles. The summed E-state index contributed by atoms with van der Waals surface area (Å²) >= 11 is 6.39. The van der Waals surface area contributed by atoms with Crippen molar-refractivity contribution in [3.05, 3.63) is 41.2 Å². The van der Waals surface area contributed by atoms with Gasteiger partial charge in [0.25, 0.3) is 0 Å². The molecule has 3 rings (SSSR count). The normalized spacial score (nSPS) is 17.2. The van der Waals surface area contributed by atoms with Crippen molar-refractivity contribution in [3.8, 4) is 5.88 Å². The van der Waals surface area contributed by atoms with E-state index in [2.05, 4.69) is 15.3 Å². The van der Waals surface area contributed by atoms with Crippen LogP contribution in [0.2, 0.25) is 5.02 Å². The summed E-state index contributed by atoms with van der Waals surface area (Å²) in [4.78, 5) is 21.7. The van der Waals surface area contributed by atoms with Gasteiger partial charge in [0.1, 0.15) is 5.82 Å². The molecule has 2 aromatic rings. The van der Waals surface area contributed by atoms with E-state index < -0.39 is 0 Å². The molecule has 1 amide bonds. The van der Waals surface area contributed by atoms with Gasteiger partial charge in [0.05, 0.1) is 29.6 Å². The molecule has 0 saturated carbocycles. The van der Waals surface area contributed by atoms with Gasteiger partial charge in [-0.3, -0.25) is 4.79 Å². The number of amides is 1. The zero-order chi connectivity index (χ0) is 17.6. The third-order valence-electron chi connectivity index (χ3n) is 4.22. The molecule has 1 saturated heterocycles. The summed E-state index contributed by atoms with van der Waals surface area (Å²) < 4.78 is 5.32. The second-order valence-corrected chi connectivity index (χ2v) is 6.30. The molecule has 25 heavy (non-hydrogen) atoms. The Morgan fingerprint density at radius 3 is 2.92 bits per heavy atom. The maximum absolute atomic E-state index is 11.3. The first-order valence-corrected chi connectivity index (χ1v) is 8.81. The van der Waals surface area contributed by atoms with E-state index in [-0.39, 0.29) is 6.04 Å². The average molecular weight is 361 g/mol. The molecule has 0 bridgehead atoms. The Kier molecular flexibility index (Phi) is 5.71. The minimum Gasteiger partial charge on any atom is -0.478 e. The van der Waals surface area contributed by atoms with Gasteiger partial charge in [0.15, 0.2) is 0 Å². The molecule has 1 fully saturated rings. The van der Waals surface area contributed by atoms with Gasteiger partial charge >= 0.3 is 0 Å². The fourth-order valence-corrected chi connectivity index (χ4v) is 3.21. The number of hydrogen-bond donors (Lipinski definition) is 1. The monoisotopic (exact) mass is 360 g/mol. The number of halogens is 1. The van der Waals surface area contributed by atoms with Crippen LogP contribution in [0.3, 0.4) is 0 Å². The quantitative estimate of drug-likeness (QED) is 0.790. The summed E-state index contributed by atoms with van der Waals surface area (Å²) in [6, 6.07) is 5.58. The van der Waals surface area contributed by atoms with Crippen LogP contribution in [0.5, 0.6) is 5.88 Å². The van der Waals surface area contributed by atoms with Gasteiger partial charge in [-0.2, -0.15) is 0 Å². The predicted molar refractivity (Wildman–Crippen MR) is 97.3 cm³/mol. The number of pyridine rings is 2. The van der Waals surface area contributed by atoms with Gasteiger partial charge in [0.2, 0.25) is 12.3 Å². The summed E-state index contributed by atoms with van der Waals surface area (Å²) in [5.41, 5.74) is 1.74. The number of piperidine rings is 1. The molecule has 2 aromatic heterocycles. The van der Waals surface area contributed by atoms with Crippen molar-refractivity contribution in [2.75, 3.05) is 18.5 Å². The number of anilines is 2. The molecule has 0 spiro atoms. The van der Waals surface area contributed by atoms with E-state index in [1.807, 2.05) is 24.0 Å². The van der Waals surface area contributed by atoms with E-state index in [0.717, 1.165) is 43.5 Å². The highest BCUT2D eigenvalue weighted by atomic mass is 35.5. The number of nitrogens with zero attached hydrogens (tertiary/aromatic N) is 3. The van der Waals surface area contributed by atoms with E-state index in [4.69, 9.17) is 16.3 Å². The van der Waals surface area contributed by atoms with Crippen LogP contribution in [0.1, 0.15) is 37.8 Å². The summed E-state index contributed by atoms with van der Waals surface area (Å²) in [6.07, 6.45) is 7.45. The SMILES string of the molecule is CCOc1ccc(Nc2ncc(C3CCCCN3C=O)cc2Cl)cn1. The van der Waals surface area contributed by atoms with Crippen molar-refractivity contribution in [1.82, 2.24) is 14.9 Å². The predicted octanol–water partition coefficient (Wildman–Crippen LogP) is 3.96. The molecular formula is C18H21ClN4O2. The number of carbonyl (C=O) groups is 1. The number of ether oxygens (including phenoxy) is 1. The lowest BCUT2D eigenvalue weighted by atomic mass is 9.97. The molecule has 1 unspecified atom stereocenters. The molecule has 132 valence electrons. The number of rotatable bonds is 6. The maximum Gasteiger partial charge on any atom is 0.213 e. The number of nitrogens with one attached hydrogen (secondary N) is 1. The summed E-state index contributed by atoms with van der Waals surface area (Å²) in [5, 5.41) is 3.67. The molecule has 1 aliphatic heterocycles. The first-order chi connectivity index (χ1) is 12.2. The second kappa shape index (κ2) is 8.16. The van der Waals surface area contributed by atoms with Crippen LogP contribution in [0.4, 0.5) is 11.5 Å². The second-order valence-electron chi connectivity index (χ2n) is 5.90. The minimum absolute atomic E-state index is 0.0532. The fourth-order valence-electron chi connectivity index (χ4n) is 2.99. The van der Waals surface area contributed by atoms with Gasteiger partial charge in [0, 0.05) is 18.8 Å². The Hall–Kier alpha value is -2.34. The maximum atomic E-state index is 11.3. The zero-order valence-electron chi connectivity index (χ0n) is 14.1. The Bertz CT molecular complexity index is 724. The molecule has 6 nitrogen and oxygen atoms in total.